The molecule has 23 heavy (non-hydrogen) atoms. The topological polar surface area (TPSA) is 50.4 Å². The van der Waals surface area contributed by atoms with E-state index in [2.05, 4.69) is 10.6 Å². The maximum Gasteiger partial charge on any atom is 0.341 e. The van der Waals surface area contributed by atoms with Crippen molar-refractivity contribution < 1.29 is 9.53 Å². The molecule has 0 fully saturated rings. The lowest BCUT2D eigenvalue weighted by Gasteiger charge is -2.12. The fourth-order valence-corrected chi connectivity index (χ4v) is 3.46. The zero-order chi connectivity index (χ0) is 17.0. The van der Waals surface area contributed by atoms with Crippen molar-refractivity contribution in [3.63, 3.8) is 0 Å². The largest absolute Gasteiger partial charge is 0.462 e. The first-order chi connectivity index (χ1) is 10.9. The molecule has 4 nitrogen and oxygen atoms in total. The number of hydrogen-bond acceptors (Lipinski definition) is 4. The van der Waals surface area contributed by atoms with Crippen molar-refractivity contribution in [1.82, 2.24) is 0 Å². The van der Waals surface area contributed by atoms with Gasteiger partial charge in [-0.1, -0.05) is 18.2 Å². The van der Waals surface area contributed by atoms with E-state index in [0.29, 0.717) is 22.3 Å². The second kappa shape index (κ2) is 7.57. The molecule has 2 aromatic rings. The number of carbonyl (C=O) groups is 1. The molecule has 0 aliphatic carbocycles. The third-order valence-electron chi connectivity index (χ3n) is 3.49. The van der Waals surface area contributed by atoms with Gasteiger partial charge in [0.15, 0.2) is 5.11 Å². The summed E-state index contributed by atoms with van der Waals surface area (Å²) in [6.07, 6.45) is 0. The number of rotatable bonds is 4. The molecule has 0 aliphatic rings. The van der Waals surface area contributed by atoms with E-state index in [4.69, 9.17) is 17.0 Å². The Bertz CT molecular complexity index is 738. The zero-order valence-corrected chi connectivity index (χ0v) is 15.3. The van der Waals surface area contributed by atoms with Gasteiger partial charge in [-0.3, -0.25) is 0 Å². The number of aryl methyl sites for hydroxylation is 2. The van der Waals surface area contributed by atoms with Gasteiger partial charge in [0, 0.05) is 10.6 Å². The molecule has 0 bridgehead atoms. The van der Waals surface area contributed by atoms with Crippen molar-refractivity contribution in [2.45, 2.75) is 27.7 Å². The zero-order valence-electron chi connectivity index (χ0n) is 13.6. The van der Waals surface area contributed by atoms with E-state index in [0.717, 1.165) is 21.7 Å². The Morgan fingerprint density at radius 3 is 2.57 bits per heavy atom. The number of carbonyl (C=O) groups excluding carboxylic acids is 1. The second-order valence-electron chi connectivity index (χ2n) is 5.10. The third kappa shape index (κ3) is 4.09. The number of thiophene rings is 1. The number of ether oxygens (including phenoxy) is 1. The number of benzene rings is 1. The van der Waals surface area contributed by atoms with E-state index >= 15 is 0 Å². The highest BCUT2D eigenvalue weighted by atomic mass is 32.1. The maximum absolute atomic E-state index is 12.2. The van der Waals surface area contributed by atoms with Gasteiger partial charge in [0.2, 0.25) is 0 Å². The van der Waals surface area contributed by atoms with Crippen LogP contribution in [-0.4, -0.2) is 17.7 Å². The number of esters is 1. The Labute approximate surface area is 145 Å². The van der Waals surface area contributed by atoms with E-state index in [9.17, 15) is 4.79 Å². The van der Waals surface area contributed by atoms with E-state index < -0.39 is 0 Å². The van der Waals surface area contributed by atoms with Crippen LogP contribution < -0.4 is 10.6 Å². The number of para-hydroxylation sites is 1. The van der Waals surface area contributed by atoms with Gasteiger partial charge in [-0.25, -0.2) is 4.79 Å². The van der Waals surface area contributed by atoms with Crippen LogP contribution in [0.25, 0.3) is 0 Å². The van der Waals surface area contributed by atoms with E-state index in [1.54, 1.807) is 6.92 Å². The predicted molar refractivity (Wildman–Crippen MR) is 101 cm³/mol. The fourth-order valence-electron chi connectivity index (χ4n) is 2.13. The number of nitrogens with one attached hydrogen (secondary N) is 2. The van der Waals surface area contributed by atoms with Crippen molar-refractivity contribution >= 4 is 45.3 Å². The Hall–Kier alpha value is -1.92. The van der Waals surface area contributed by atoms with E-state index in [1.165, 1.54) is 11.3 Å². The van der Waals surface area contributed by atoms with Crippen LogP contribution in [0.4, 0.5) is 10.7 Å². The normalized spacial score (nSPS) is 10.3. The first kappa shape index (κ1) is 17.4. The highest BCUT2D eigenvalue weighted by molar-refractivity contribution is 7.80. The molecule has 1 heterocycles. The molecular weight excluding hydrogens is 328 g/mol. The molecule has 0 aliphatic heterocycles. The van der Waals surface area contributed by atoms with Crippen LogP contribution >= 0.6 is 23.6 Å². The van der Waals surface area contributed by atoms with Crippen LogP contribution in [0.1, 0.15) is 33.3 Å². The van der Waals surface area contributed by atoms with Crippen molar-refractivity contribution in [2.75, 3.05) is 17.2 Å². The molecule has 2 rings (SSSR count). The van der Waals surface area contributed by atoms with Crippen molar-refractivity contribution in [3.8, 4) is 0 Å². The monoisotopic (exact) mass is 348 g/mol. The number of thiocarbonyl (C=S) groups is 1. The Morgan fingerprint density at radius 1 is 1.22 bits per heavy atom. The summed E-state index contributed by atoms with van der Waals surface area (Å²) in [5.74, 6) is -0.324. The summed E-state index contributed by atoms with van der Waals surface area (Å²) in [6, 6.07) is 7.89. The van der Waals surface area contributed by atoms with Crippen LogP contribution in [0.3, 0.4) is 0 Å². The Kier molecular flexibility index (Phi) is 5.74. The highest BCUT2D eigenvalue weighted by Crippen LogP contribution is 2.33. The lowest BCUT2D eigenvalue weighted by atomic mass is 10.1. The van der Waals surface area contributed by atoms with Crippen LogP contribution in [0.5, 0.6) is 0 Å². The van der Waals surface area contributed by atoms with Gasteiger partial charge in [0.25, 0.3) is 0 Å². The van der Waals surface area contributed by atoms with Gasteiger partial charge in [-0.05, 0) is 57.1 Å². The van der Waals surface area contributed by atoms with Crippen LogP contribution in [0, 0.1) is 20.8 Å². The molecule has 0 atom stereocenters. The predicted octanol–water partition coefficient (Wildman–Crippen LogP) is 4.66. The van der Waals surface area contributed by atoms with Crippen molar-refractivity contribution in [3.05, 3.63) is 45.8 Å². The van der Waals surface area contributed by atoms with Crippen LogP contribution in [0.2, 0.25) is 0 Å². The summed E-state index contributed by atoms with van der Waals surface area (Å²) in [6.45, 7) is 8.05. The highest BCUT2D eigenvalue weighted by Gasteiger charge is 2.21. The maximum atomic E-state index is 12.2. The van der Waals surface area contributed by atoms with E-state index in [-0.39, 0.29) is 5.97 Å². The minimum Gasteiger partial charge on any atom is -0.462 e. The summed E-state index contributed by atoms with van der Waals surface area (Å²) >= 11 is 6.87. The summed E-state index contributed by atoms with van der Waals surface area (Å²) < 4.78 is 5.15. The molecule has 0 saturated carbocycles. The number of anilines is 2. The SMILES string of the molecule is CCOC(=O)c1c(NC(=S)Nc2ccccc2C)sc(C)c1C. The second-order valence-corrected chi connectivity index (χ2v) is 6.73. The summed E-state index contributed by atoms with van der Waals surface area (Å²) in [4.78, 5) is 13.2. The average Bonchev–Trinajstić information content (AvgIpc) is 2.76. The minimum atomic E-state index is -0.324. The van der Waals surface area contributed by atoms with Crippen molar-refractivity contribution in [1.29, 1.82) is 0 Å². The summed E-state index contributed by atoms with van der Waals surface area (Å²) in [5.41, 5.74) is 3.52. The molecule has 0 spiro atoms. The van der Waals surface area contributed by atoms with E-state index in [1.807, 2.05) is 45.0 Å². The first-order valence-corrected chi connectivity index (χ1v) is 8.57. The fraction of sp³-hybridized carbons (Fsp3) is 0.294. The smallest absolute Gasteiger partial charge is 0.341 e. The quantitative estimate of drug-likeness (QED) is 0.622. The molecule has 2 N–H and O–H groups in total. The summed E-state index contributed by atoms with van der Waals surface area (Å²) in [7, 11) is 0. The molecule has 0 unspecified atom stereocenters. The van der Waals surface area contributed by atoms with Crippen molar-refractivity contribution in [2.24, 2.45) is 0 Å². The minimum absolute atomic E-state index is 0.324. The molecular formula is C17H20N2O2S2. The first-order valence-electron chi connectivity index (χ1n) is 7.34. The molecule has 0 radical (unpaired) electrons. The van der Waals surface area contributed by atoms with Gasteiger partial charge >= 0.3 is 5.97 Å². The average molecular weight is 348 g/mol. The Morgan fingerprint density at radius 2 is 1.91 bits per heavy atom. The van der Waals surface area contributed by atoms with Gasteiger partial charge in [-0.2, -0.15) is 0 Å². The van der Waals surface area contributed by atoms with Gasteiger partial charge < -0.3 is 15.4 Å². The number of hydrogen-bond donors (Lipinski definition) is 2. The van der Waals surface area contributed by atoms with Crippen LogP contribution in [-0.2, 0) is 4.74 Å². The standard InChI is InChI=1S/C17H20N2O2S2/c1-5-21-16(20)14-11(3)12(4)23-15(14)19-17(22)18-13-9-7-6-8-10(13)2/h6-9H,5H2,1-4H3,(H2,18,19,22). The molecule has 6 heteroatoms. The molecule has 1 aromatic heterocycles. The lowest BCUT2D eigenvalue weighted by molar-refractivity contribution is 0.0527. The van der Waals surface area contributed by atoms with Gasteiger partial charge in [-0.15, -0.1) is 11.3 Å². The van der Waals surface area contributed by atoms with Gasteiger partial charge in [0.05, 0.1) is 12.2 Å². The summed E-state index contributed by atoms with van der Waals surface area (Å²) in [5, 5.41) is 7.45. The van der Waals surface area contributed by atoms with Gasteiger partial charge in [0.1, 0.15) is 5.00 Å². The lowest BCUT2D eigenvalue weighted by Crippen LogP contribution is -2.20. The Balaban J connectivity index is 2.20. The third-order valence-corrected chi connectivity index (χ3v) is 4.81. The molecule has 122 valence electrons. The molecule has 0 amide bonds. The molecule has 0 saturated heterocycles. The van der Waals surface area contributed by atoms with Crippen LogP contribution in [0.15, 0.2) is 24.3 Å². The molecule has 1 aromatic carbocycles.